The van der Waals surface area contributed by atoms with Crippen molar-refractivity contribution in [1.29, 1.82) is 0 Å². The third-order valence-electron chi connectivity index (χ3n) is 15.3. The maximum atomic E-state index is 7.59. The van der Waals surface area contributed by atoms with E-state index in [0.717, 1.165) is 22.4 Å². The van der Waals surface area contributed by atoms with E-state index in [4.69, 9.17) is 65.7 Å². The van der Waals surface area contributed by atoms with Crippen molar-refractivity contribution >= 4 is 16.6 Å². The van der Waals surface area contributed by atoms with Crippen molar-refractivity contribution in [1.82, 2.24) is 0 Å². The minimum atomic E-state index is -2.50. The molecule has 12 atom stereocenters. The molecular formula is C55H84O14Si2. The molecule has 4 aliphatic rings. The van der Waals surface area contributed by atoms with Gasteiger partial charge in [-0.05, 0) is 63.6 Å². The summed E-state index contributed by atoms with van der Waals surface area (Å²) in [6, 6.07) is 28.0. The molecule has 1 spiro atoms. The predicted octanol–water partition coefficient (Wildman–Crippen LogP) is 10.3. The Balaban J connectivity index is 1.17. The molecular weight excluding hydrogens is 941 g/mol. The highest BCUT2D eigenvalue weighted by molar-refractivity contribution is 6.77. The minimum absolute atomic E-state index is 0.0667. The second-order valence-electron chi connectivity index (χ2n) is 22.0. The Morgan fingerprint density at radius 2 is 1.21 bits per heavy atom. The summed E-state index contributed by atoms with van der Waals surface area (Å²) in [7, 11) is 0.150. The zero-order valence-corrected chi connectivity index (χ0v) is 46.8. The summed E-state index contributed by atoms with van der Waals surface area (Å²) in [6.07, 6.45) is -7.03. The molecule has 0 radical (unpaired) electrons. The van der Waals surface area contributed by atoms with Gasteiger partial charge in [0.15, 0.2) is 20.9 Å². The van der Waals surface area contributed by atoms with Crippen LogP contribution in [0.4, 0.5) is 0 Å². The molecule has 0 aromatic heterocycles. The maximum absolute atomic E-state index is 7.59. The van der Waals surface area contributed by atoms with E-state index in [0.29, 0.717) is 29.8 Å². The van der Waals surface area contributed by atoms with Crippen molar-refractivity contribution in [3.63, 3.8) is 0 Å². The maximum Gasteiger partial charge on any atom is 0.286 e. The van der Waals surface area contributed by atoms with Gasteiger partial charge in [0, 0.05) is 14.2 Å². The SMILES string of the molecule is COC[C@H]1O[C@@H](O[C@@H]2OC[C@@H]3O[C@]4(C[C@@H](O[Si](C)(C)C(C)(C)C)[C@H](OCc5ccc(OC)cc5)CO4)O[C@H]3[C@H]2OCc2ccccc2)[C@@H](OC)[C@@H](OCc2ccccc2)[C@@H]1O[Si](C(C)C)(C(C)C)C(C)C. The molecule has 3 aromatic carbocycles. The fraction of sp³-hybridized carbons (Fsp3) is 0.673. The molecule has 4 fully saturated rings. The molecule has 16 heteroatoms. The highest BCUT2D eigenvalue weighted by Gasteiger charge is 2.62. The van der Waals surface area contributed by atoms with Gasteiger partial charge in [-0.1, -0.05) is 135 Å². The van der Waals surface area contributed by atoms with E-state index < -0.39 is 90.1 Å². The lowest BCUT2D eigenvalue weighted by Gasteiger charge is -2.52. The van der Waals surface area contributed by atoms with Crippen LogP contribution in [0, 0.1) is 0 Å². The summed E-state index contributed by atoms with van der Waals surface area (Å²) in [5.74, 6) is -0.677. The number of methoxy groups -OCH3 is 3. The van der Waals surface area contributed by atoms with Gasteiger partial charge >= 0.3 is 0 Å². The van der Waals surface area contributed by atoms with E-state index in [-0.39, 0.29) is 37.9 Å². The van der Waals surface area contributed by atoms with Gasteiger partial charge in [-0.3, -0.25) is 0 Å². The van der Waals surface area contributed by atoms with Gasteiger partial charge in [-0.2, -0.15) is 0 Å². The molecule has 7 rings (SSSR count). The van der Waals surface area contributed by atoms with Gasteiger partial charge < -0.3 is 65.7 Å². The highest BCUT2D eigenvalue weighted by atomic mass is 28.4. The number of ether oxygens (including phenoxy) is 12. The van der Waals surface area contributed by atoms with Crippen LogP contribution in [0.5, 0.6) is 5.75 Å². The summed E-state index contributed by atoms with van der Waals surface area (Å²) >= 11 is 0. The molecule has 14 nitrogen and oxygen atoms in total. The highest BCUT2D eigenvalue weighted by Crippen LogP contribution is 2.48. The van der Waals surface area contributed by atoms with Crippen LogP contribution in [0.2, 0.25) is 34.8 Å². The number of fused-ring (bicyclic) bond motifs is 1. The number of rotatable bonds is 22. The topological polar surface area (TPSA) is 129 Å². The number of hydrogen-bond acceptors (Lipinski definition) is 14. The fourth-order valence-corrected chi connectivity index (χ4v) is 17.5. The lowest BCUT2D eigenvalue weighted by Crippen LogP contribution is -2.66. The largest absolute Gasteiger partial charge is 0.497 e. The van der Waals surface area contributed by atoms with E-state index >= 15 is 0 Å². The monoisotopic (exact) mass is 1020 g/mol. The van der Waals surface area contributed by atoms with Gasteiger partial charge in [-0.25, -0.2) is 0 Å². The van der Waals surface area contributed by atoms with Crippen molar-refractivity contribution in [2.24, 2.45) is 0 Å². The predicted molar refractivity (Wildman–Crippen MR) is 275 cm³/mol. The fourth-order valence-electron chi connectivity index (χ4n) is 10.6. The zero-order valence-electron chi connectivity index (χ0n) is 44.8. The quantitative estimate of drug-likeness (QED) is 0.0885. The lowest BCUT2D eigenvalue weighted by molar-refractivity contribution is -0.383. The summed E-state index contributed by atoms with van der Waals surface area (Å²) in [4.78, 5) is 0. The van der Waals surface area contributed by atoms with Crippen LogP contribution >= 0.6 is 0 Å². The molecule has 0 amide bonds. The van der Waals surface area contributed by atoms with Crippen LogP contribution in [-0.2, 0) is 80.8 Å². The normalized spacial score (nSPS) is 30.6. The first-order valence-electron chi connectivity index (χ1n) is 25.7. The minimum Gasteiger partial charge on any atom is -0.497 e. The summed E-state index contributed by atoms with van der Waals surface area (Å²) in [6.45, 7) is 26.3. The molecule has 4 aliphatic heterocycles. The zero-order chi connectivity index (χ0) is 51.1. The van der Waals surface area contributed by atoms with Crippen molar-refractivity contribution in [2.75, 3.05) is 41.2 Å². The van der Waals surface area contributed by atoms with E-state index in [1.165, 1.54) is 0 Å². The molecule has 396 valence electrons. The van der Waals surface area contributed by atoms with Crippen molar-refractivity contribution in [2.45, 2.75) is 197 Å². The second kappa shape index (κ2) is 24.4. The molecule has 3 aromatic rings. The van der Waals surface area contributed by atoms with E-state index in [9.17, 15) is 0 Å². The Bertz CT molecular complexity index is 2030. The van der Waals surface area contributed by atoms with Gasteiger partial charge in [-0.15, -0.1) is 0 Å². The smallest absolute Gasteiger partial charge is 0.286 e. The van der Waals surface area contributed by atoms with E-state index in [1.807, 2.05) is 72.8 Å². The molecule has 0 unspecified atom stereocenters. The van der Waals surface area contributed by atoms with Crippen LogP contribution < -0.4 is 4.74 Å². The third kappa shape index (κ3) is 13.1. The van der Waals surface area contributed by atoms with Crippen LogP contribution in [-0.4, -0.2) is 131 Å². The Labute approximate surface area is 426 Å². The van der Waals surface area contributed by atoms with Crippen LogP contribution in [0.3, 0.4) is 0 Å². The molecule has 4 saturated heterocycles. The Kier molecular flexibility index (Phi) is 19.3. The average Bonchev–Trinajstić information content (AvgIpc) is 3.69. The first kappa shape index (κ1) is 56.1. The van der Waals surface area contributed by atoms with Crippen molar-refractivity contribution in [3.05, 3.63) is 102 Å². The first-order chi connectivity index (χ1) is 33.8. The van der Waals surface area contributed by atoms with Gasteiger partial charge in [0.25, 0.3) is 5.97 Å². The standard InChI is InChI=1S/C55H84O14Si2/c1-36(2)71(37(3)4,38(5)6)69-48-45(33-56-10)64-53(50(58-12)49(48)60-31-39-21-17-15-18-22-39)65-52-51(61-32-40-23-19-16-20-24-40)47-46(34-62-52)66-55(67-47)29-43(68-70(13,14)54(7,8)9)44(35-63-55)59-30-41-25-27-42(57-11)28-26-41/h15-28,36-38,43-53H,29-35H2,1-14H3/t43-,44-,45-,46+,47-,48-,49+,50+,51-,52+,53+,55-/m1/s1. The third-order valence-corrected chi connectivity index (χ3v) is 25.9. The molecule has 0 aliphatic carbocycles. The average molecular weight is 1030 g/mol. The van der Waals surface area contributed by atoms with Gasteiger partial charge in [0.1, 0.15) is 54.6 Å². The van der Waals surface area contributed by atoms with E-state index in [2.05, 4.69) is 87.5 Å². The lowest BCUT2D eigenvalue weighted by atomic mass is 9.98. The molecule has 4 heterocycles. The Morgan fingerprint density at radius 1 is 0.634 bits per heavy atom. The number of hydrogen-bond donors (Lipinski definition) is 0. The molecule has 71 heavy (non-hydrogen) atoms. The summed E-state index contributed by atoms with van der Waals surface area (Å²) in [5, 5.41) is -0.0667. The first-order valence-corrected chi connectivity index (χ1v) is 30.7. The van der Waals surface area contributed by atoms with Crippen LogP contribution in [0.15, 0.2) is 84.9 Å². The van der Waals surface area contributed by atoms with E-state index in [1.54, 1.807) is 21.3 Å². The summed E-state index contributed by atoms with van der Waals surface area (Å²) in [5.41, 5.74) is 3.92. The van der Waals surface area contributed by atoms with Gasteiger partial charge in [0.2, 0.25) is 8.32 Å². The second-order valence-corrected chi connectivity index (χ2v) is 32.2. The molecule has 0 saturated carbocycles. The van der Waals surface area contributed by atoms with Crippen molar-refractivity contribution < 1.29 is 65.7 Å². The van der Waals surface area contributed by atoms with Crippen LogP contribution in [0.25, 0.3) is 0 Å². The number of benzene rings is 3. The Hall–Kier alpha value is -2.63. The van der Waals surface area contributed by atoms with Crippen molar-refractivity contribution in [3.8, 4) is 5.75 Å². The van der Waals surface area contributed by atoms with Gasteiger partial charge in [0.05, 0.1) is 59.3 Å². The van der Waals surface area contributed by atoms with Crippen LogP contribution in [0.1, 0.15) is 85.4 Å². The Morgan fingerprint density at radius 3 is 1.76 bits per heavy atom. The summed E-state index contributed by atoms with van der Waals surface area (Å²) < 4.78 is 94.1. The molecule has 0 bridgehead atoms. The molecule has 0 N–H and O–H groups in total.